The number of amides is 1. The fourth-order valence-corrected chi connectivity index (χ4v) is 2.87. The molecule has 11 heteroatoms. The highest BCUT2D eigenvalue weighted by molar-refractivity contribution is 7.86. The molecule has 24 heavy (non-hydrogen) atoms. The Morgan fingerprint density at radius 3 is 2.12 bits per heavy atom. The van der Waals surface area contributed by atoms with Gasteiger partial charge in [0.05, 0.1) is 11.5 Å². The van der Waals surface area contributed by atoms with E-state index < -0.39 is 50.7 Å². The molecule has 1 aromatic heterocycles. The van der Waals surface area contributed by atoms with E-state index in [0.29, 0.717) is 0 Å². The third-order valence-electron chi connectivity index (χ3n) is 3.11. The molecular weight excluding hydrogens is 360 g/mol. The van der Waals surface area contributed by atoms with Gasteiger partial charge in [-0.15, -0.1) is 0 Å². The van der Waals surface area contributed by atoms with Crippen LogP contribution in [0.2, 0.25) is 0 Å². The predicted octanol–water partition coefficient (Wildman–Crippen LogP) is 0.252. The van der Waals surface area contributed by atoms with Crippen molar-refractivity contribution in [2.75, 3.05) is 24.6 Å². The molecule has 136 valence electrons. The molecule has 0 fully saturated rings. The summed E-state index contributed by atoms with van der Waals surface area (Å²) in [5.74, 6) is -2.18. The van der Waals surface area contributed by atoms with Crippen LogP contribution in [0.15, 0.2) is 18.3 Å². The maximum Gasteiger partial charge on any atom is 0.272 e. The molecule has 0 aliphatic carbocycles. The van der Waals surface area contributed by atoms with E-state index in [1.165, 1.54) is 6.20 Å². The number of hydrogen-bond donors (Lipinski definition) is 2. The minimum atomic E-state index is -4.33. The topological polar surface area (TPSA) is 142 Å². The van der Waals surface area contributed by atoms with E-state index in [4.69, 9.17) is 9.11 Å². The Kier molecular flexibility index (Phi) is 7.27. The Labute approximate surface area is 141 Å². The summed E-state index contributed by atoms with van der Waals surface area (Å²) in [6, 6.07) is 3.28. The SMILES string of the molecule is CCCc1ccnc(C(=O)N(CCS(=O)(=O)O)CCS(=O)(=O)O)c1. The van der Waals surface area contributed by atoms with Crippen molar-refractivity contribution in [3.63, 3.8) is 0 Å². The first-order valence-corrected chi connectivity index (χ1v) is 10.4. The number of nitrogens with zero attached hydrogens (tertiary/aromatic N) is 2. The molecule has 1 amide bonds. The molecule has 0 atom stereocenters. The van der Waals surface area contributed by atoms with E-state index in [-0.39, 0.29) is 5.69 Å². The Morgan fingerprint density at radius 1 is 1.12 bits per heavy atom. The summed E-state index contributed by atoms with van der Waals surface area (Å²) in [5.41, 5.74) is 0.895. The summed E-state index contributed by atoms with van der Waals surface area (Å²) >= 11 is 0. The zero-order valence-electron chi connectivity index (χ0n) is 13.1. The van der Waals surface area contributed by atoms with Gasteiger partial charge in [-0.1, -0.05) is 13.3 Å². The van der Waals surface area contributed by atoms with Crippen LogP contribution < -0.4 is 0 Å². The number of aryl methyl sites for hydroxylation is 1. The second-order valence-corrected chi connectivity index (χ2v) is 8.31. The zero-order valence-corrected chi connectivity index (χ0v) is 14.8. The van der Waals surface area contributed by atoms with Crippen LogP contribution in [0.3, 0.4) is 0 Å². The molecule has 0 spiro atoms. The molecule has 1 aromatic rings. The maximum atomic E-state index is 12.4. The third-order valence-corrected chi connectivity index (χ3v) is 4.50. The largest absolute Gasteiger partial charge is 0.335 e. The van der Waals surface area contributed by atoms with Gasteiger partial charge in [0, 0.05) is 19.3 Å². The van der Waals surface area contributed by atoms with Gasteiger partial charge in [0.2, 0.25) is 0 Å². The van der Waals surface area contributed by atoms with Gasteiger partial charge in [0.15, 0.2) is 0 Å². The minimum Gasteiger partial charge on any atom is -0.335 e. The monoisotopic (exact) mass is 380 g/mol. The molecule has 0 unspecified atom stereocenters. The highest BCUT2D eigenvalue weighted by Gasteiger charge is 2.21. The molecule has 0 bridgehead atoms. The standard InChI is InChI=1S/C13H20N2O7S2/c1-2-3-11-4-5-14-12(10-11)13(16)15(6-8-23(17,18)19)7-9-24(20,21)22/h4-5,10H,2-3,6-9H2,1H3,(H,17,18,19)(H,20,21,22). The summed E-state index contributed by atoms with van der Waals surface area (Å²) in [5, 5.41) is 0. The predicted molar refractivity (Wildman–Crippen MR) is 87.0 cm³/mol. The Hall–Kier alpha value is -1.56. The van der Waals surface area contributed by atoms with Crippen molar-refractivity contribution < 1.29 is 30.7 Å². The lowest BCUT2D eigenvalue weighted by atomic mass is 10.1. The van der Waals surface area contributed by atoms with Crippen molar-refractivity contribution in [1.29, 1.82) is 0 Å². The molecule has 1 rings (SSSR count). The van der Waals surface area contributed by atoms with Gasteiger partial charge in [0.25, 0.3) is 26.1 Å². The number of carbonyl (C=O) groups excluding carboxylic acids is 1. The second-order valence-electron chi connectivity index (χ2n) is 5.16. The lowest BCUT2D eigenvalue weighted by molar-refractivity contribution is 0.0768. The average Bonchev–Trinajstić information content (AvgIpc) is 2.45. The van der Waals surface area contributed by atoms with Crippen LogP contribution in [0.4, 0.5) is 0 Å². The number of carbonyl (C=O) groups is 1. The van der Waals surface area contributed by atoms with Crippen LogP contribution in [0, 0.1) is 0 Å². The number of aromatic nitrogens is 1. The molecule has 0 aromatic carbocycles. The Bertz CT molecular complexity index is 739. The summed E-state index contributed by atoms with van der Waals surface area (Å²) in [7, 11) is -8.66. The van der Waals surface area contributed by atoms with Crippen molar-refractivity contribution in [1.82, 2.24) is 9.88 Å². The van der Waals surface area contributed by atoms with E-state index in [1.54, 1.807) is 12.1 Å². The van der Waals surface area contributed by atoms with Crippen molar-refractivity contribution in [2.45, 2.75) is 19.8 Å². The van der Waals surface area contributed by atoms with Gasteiger partial charge >= 0.3 is 0 Å². The smallest absolute Gasteiger partial charge is 0.272 e. The van der Waals surface area contributed by atoms with Crippen LogP contribution in [0.5, 0.6) is 0 Å². The zero-order chi connectivity index (χ0) is 18.4. The lowest BCUT2D eigenvalue weighted by Gasteiger charge is -2.21. The van der Waals surface area contributed by atoms with Crippen LogP contribution >= 0.6 is 0 Å². The Balaban J connectivity index is 2.98. The van der Waals surface area contributed by atoms with Gasteiger partial charge in [0.1, 0.15) is 5.69 Å². The van der Waals surface area contributed by atoms with Crippen molar-refractivity contribution in [3.05, 3.63) is 29.6 Å². The van der Waals surface area contributed by atoms with Gasteiger partial charge in [-0.25, -0.2) is 0 Å². The first-order valence-electron chi connectivity index (χ1n) is 7.16. The normalized spacial score (nSPS) is 12.1. The van der Waals surface area contributed by atoms with Crippen LogP contribution in [-0.4, -0.2) is 66.3 Å². The molecule has 9 nitrogen and oxygen atoms in total. The average molecular weight is 380 g/mol. The van der Waals surface area contributed by atoms with Crippen molar-refractivity contribution >= 4 is 26.1 Å². The fourth-order valence-electron chi connectivity index (χ4n) is 1.96. The Morgan fingerprint density at radius 2 is 1.67 bits per heavy atom. The molecule has 0 saturated carbocycles. The quantitative estimate of drug-likeness (QED) is 0.581. The lowest BCUT2D eigenvalue weighted by Crippen LogP contribution is -2.38. The van der Waals surface area contributed by atoms with Gasteiger partial charge in [-0.2, -0.15) is 16.8 Å². The number of hydrogen-bond acceptors (Lipinski definition) is 6. The summed E-state index contributed by atoms with van der Waals surface area (Å²) in [4.78, 5) is 17.3. The molecule has 0 aliphatic rings. The van der Waals surface area contributed by atoms with Crippen LogP contribution in [0.25, 0.3) is 0 Å². The molecule has 0 saturated heterocycles. The van der Waals surface area contributed by atoms with Gasteiger partial charge < -0.3 is 4.90 Å². The van der Waals surface area contributed by atoms with Gasteiger partial charge in [-0.05, 0) is 24.1 Å². The van der Waals surface area contributed by atoms with E-state index in [2.05, 4.69) is 4.98 Å². The fraction of sp³-hybridized carbons (Fsp3) is 0.538. The van der Waals surface area contributed by atoms with Crippen LogP contribution in [-0.2, 0) is 26.7 Å². The molecule has 0 aliphatic heterocycles. The maximum absolute atomic E-state index is 12.4. The van der Waals surface area contributed by atoms with E-state index in [0.717, 1.165) is 23.3 Å². The second kappa shape index (κ2) is 8.51. The van der Waals surface area contributed by atoms with Crippen molar-refractivity contribution in [3.8, 4) is 0 Å². The minimum absolute atomic E-state index is 0.0339. The summed E-state index contributed by atoms with van der Waals surface area (Å²) in [6.07, 6.45) is 3.01. The van der Waals surface area contributed by atoms with E-state index in [9.17, 15) is 21.6 Å². The third kappa shape index (κ3) is 7.81. The first-order chi connectivity index (χ1) is 11.0. The molecule has 0 radical (unpaired) electrons. The molecular formula is C13H20N2O7S2. The highest BCUT2D eigenvalue weighted by atomic mass is 32.2. The van der Waals surface area contributed by atoms with Crippen LogP contribution in [0.1, 0.15) is 29.4 Å². The number of pyridine rings is 1. The molecule has 1 heterocycles. The van der Waals surface area contributed by atoms with Crippen molar-refractivity contribution in [2.24, 2.45) is 0 Å². The summed E-state index contributed by atoms with van der Waals surface area (Å²) in [6.45, 7) is 1.12. The van der Waals surface area contributed by atoms with E-state index in [1.807, 2.05) is 6.92 Å². The highest BCUT2D eigenvalue weighted by Crippen LogP contribution is 2.08. The first kappa shape index (κ1) is 20.5. The van der Waals surface area contributed by atoms with E-state index >= 15 is 0 Å². The number of rotatable bonds is 9. The molecule has 2 N–H and O–H groups in total. The van der Waals surface area contributed by atoms with Gasteiger partial charge in [-0.3, -0.25) is 18.9 Å². The summed E-state index contributed by atoms with van der Waals surface area (Å²) < 4.78 is 61.1.